The Morgan fingerprint density at radius 2 is 2.27 bits per heavy atom. The average molecular weight is 384 g/mol. The fraction of sp³-hybridized carbons (Fsp3) is 0.333. The maximum atomic E-state index is 11.5. The number of anilines is 1. The molecule has 0 aliphatic heterocycles. The number of alkyl carbamates (subject to hydrolysis) is 1. The number of nitrogens with zero attached hydrogens (tertiary/aromatic N) is 1. The number of carbonyl (C=O) groups excluding carboxylic acids is 1. The van der Waals surface area contributed by atoms with Gasteiger partial charge in [-0.25, -0.2) is 9.78 Å². The van der Waals surface area contributed by atoms with Gasteiger partial charge in [-0.3, -0.25) is 0 Å². The molecule has 0 bridgehead atoms. The van der Waals surface area contributed by atoms with Crippen molar-refractivity contribution in [3.63, 3.8) is 0 Å². The number of nitrogens with two attached hydrogens (primary N) is 1. The van der Waals surface area contributed by atoms with Gasteiger partial charge in [0.25, 0.3) is 0 Å². The summed E-state index contributed by atoms with van der Waals surface area (Å²) in [6.07, 6.45) is 5.06. The van der Waals surface area contributed by atoms with E-state index in [9.17, 15) is 4.79 Å². The van der Waals surface area contributed by atoms with Gasteiger partial charge in [0.15, 0.2) is 0 Å². The van der Waals surface area contributed by atoms with Crippen molar-refractivity contribution >= 4 is 55.3 Å². The van der Waals surface area contributed by atoms with Gasteiger partial charge in [0.1, 0.15) is 11.4 Å². The lowest BCUT2D eigenvalue weighted by Crippen LogP contribution is -2.32. The molecule has 2 heterocycles. The number of fused-ring (bicyclic) bond motifs is 1. The minimum atomic E-state index is -0.496. The number of halogens is 1. The zero-order valence-electron chi connectivity index (χ0n) is 12.6. The molecular weight excluding hydrogens is 366 g/mol. The SMILES string of the molecule is CC(C)(C)OC(=O)NC/C=C/c1cnc(N)c2c(Br)csc12. The molecule has 0 radical (unpaired) electrons. The summed E-state index contributed by atoms with van der Waals surface area (Å²) in [7, 11) is 0. The maximum Gasteiger partial charge on any atom is 0.407 e. The molecule has 0 saturated carbocycles. The zero-order valence-corrected chi connectivity index (χ0v) is 15.0. The largest absolute Gasteiger partial charge is 0.444 e. The first-order chi connectivity index (χ1) is 10.3. The van der Waals surface area contributed by atoms with Crippen molar-refractivity contribution < 1.29 is 9.53 Å². The van der Waals surface area contributed by atoms with Crippen molar-refractivity contribution in [3.8, 4) is 0 Å². The third-order valence-corrected chi connectivity index (χ3v) is 4.63. The lowest BCUT2D eigenvalue weighted by molar-refractivity contribution is 0.0534. The predicted octanol–water partition coefficient (Wildman–Crippen LogP) is 4.18. The molecule has 0 aliphatic carbocycles. The van der Waals surface area contributed by atoms with Crippen molar-refractivity contribution in [2.45, 2.75) is 26.4 Å². The minimum absolute atomic E-state index is 0.382. The van der Waals surface area contributed by atoms with Crippen LogP contribution < -0.4 is 11.1 Å². The number of amides is 1. The van der Waals surface area contributed by atoms with Gasteiger partial charge >= 0.3 is 6.09 Å². The lowest BCUT2D eigenvalue weighted by atomic mass is 10.2. The highest BCUT2D eigenvalue weighted by Crippen LogP contribution is 2.35. The second-order valence-corrected chi connectivity index (χ2v) is 7.41. The van der Waals surface area contributed by atoms with E-state index in [4.69, 9.17) is 10.5 Å². The molecule has 0 unspecified atom stereocenters. The molecule has 1 amide bonds. The second-order valence-electron chi connectivity index (χ2n) is 5.67. The number of aromatic nitrogens is 1. The molecule has 0 aliphatic rings. The molecule has 0 spiro atoms. The topological polar surface area (TPSA) is 77.2 Å². The van der Waals surface area contributed by atoms with E-state index in [1.165, 1.54) is 0 Å². The van der Waals surface area contributed by atoms with E-state index in [1.807, 2.05) is 38.3 Å². The monoisotopic (exact) mass is 383 g/mol. The van der Waals surface area contributed by atoms with Crippen LogP contribution in [0.3, 0.4) is 0 Å². The van der Waals surface area contributed by atoms with Crippen LogP contribution in [-0.2, 0) is 4.74 Å². The Hall–Kier alpha value is -1.60. The van der Waals surface area contributed by atoms with Crippen molar-refractivity contribution in [1.29, 1.82) is 0 Å². The fourth-order valence-corrected chi connectivity index (χ4v) is 3.55. The van der Waals surface area contributed by atoms with E-state index < -0.39 is 11.7 Å². The number of carbonyl (C=O) groups is 1. The van der Waals surface area contributed by atoms with E-state index in [2.05, 4.69) is 26.2 Å². The summed E-state index contributed by atoms with van der Waals surface area (Å²) < 4.78 is 7.17. The summed E-state index contributed by atoms with van der Waals surface area (Å²) in [5.41, 5.74) is 6.36. The highest BCUT2D eigenvalue weighted by molar-refractivity contribution is 9.10. The second kappa shape index (κ2) is 6.66. The number of hydrogen-bond donors (Lipinski definition) is 2. The molecular formula is C15H18BrN3O2S. The molecule has 0 fully saturated rings. The van der Waals surface area contributed by atoms with Gasteiger partial charge in [0, 0.05) is 38.2 Å². The number of pyridine rings is 1. The number of nitrogen functional groups attached to an aromatic ring is 1. The van der Waals surface area contributed by atoms with Crippen molar-refractivity contribution in [2.75, 3.05) is 12.3 Å². The molecule has 7 heteroatoms. The molecule has 2 aromatic heterocycles. The smallest absolute Gasteiger partial charge is 0.407 e. The number of hydrogen-bond acceptors (Lipinski definition) is 5. The molecule has 0 atom stereocenters. The van der Waals surface area contributed by atoms with E-state index in [0.717, 1.165) is 20.1 Å². The summed E-state index contributed by atoms with van der Waals surface area (Å²) in [6.45, 7) is 5.86. The minimum Gasteiger partial charge on any atom is -0.444 e. The first kappa shape index (κ1) is 16.8. The normalized spacial score (nSPS) is 12.0. The Morgan fingerprint density at radius 1 is 1.55 bits per heavy atom. The first-order valence-electron chi connectivity index (χ1n) is 6.72. The number of nitrogens with one attached hydrogen (secondary N) is 1. The van der Waals surface area contributed by atoms with Gasteiger partial charge < -0.3 is 15.8 Å². The summed E-state index contributed by atoms with van der Waals surface area (Å²) in [5, 5.41) is 5.58. The molecule has 0 saturated heterocycles. The van der Waals surface area contributed by atoms with Gasteiger partial charge in [-0.1, -0.05) is 12.2 Å². The summed E-state index contributed by atoms with van der Waals surface area (Å²) in [6, 6.07) is 0. The molecule has 5 nitrogen and oxygen atoms in total. The van der Waals surface area contributed by atoms with Crippen LogP contribution in [0.2, 0.25) is 0 Å². The van der Waals surface area contributed by atoms with Crippen LogP contribution in [0.1, 0.15) is 26.3 Å². The van der Waals surface area contributed by atoms with Crippen LogP contribution in [0.25, 0.3) is 16.2 Å². The quantitative estimate of drug-likeness (QED) is 0.832. The summed E-state index contributed by atoms with van der Waals surface area (Å²) >= 11 is 5.07. The van der Waals surface area contributed by atoms with Crippen LogP contribution in [-0.4, -0.2) is 23.2 Å². The first-order valence-corrected chi connectivity index (χ1v) is 8.40. The van der Waals surface area contributed by atoms with Gasteiger partial charge in [0.2, 0.25) is 0 Å². The van der Waals surface area contributed by atoms with Crippen LogP contribution in [0, 0.1) is 0 Å². The number of ether oxygens (including phenoxy) is 1. The Labute approximate surface area is 141 Å². The number of thiophene rings is 1. The van der Waals surface area contributed by atoms with Crippen LogP contribution in [0.5, 0.6) is 0 Å². The Balaban J connectivity index is 2.03. The predicted molar refractivity (Wildman–Crippen MR) is 95.0 cm³/mol. The van der Waals surface area contributed by atoms with E-state index in [-0.39, 0.29) is 0 Å². The van der Waals surface area contributed by atoms with Crippen molar-refractivity contribution in [2.24, 2.45) is 0 Å². The molecule has 22 heavy (non-hydrogen) atoms. The van der Waals surface area contributed by atoms with Crippen LogP contribution in [0.4, 0.5) is 10.6 Å². The van der Waals surface area contributed by atoms with Crippen LogP contribution in [0.15, 0.2) is 22.1 Å². The fourth-order valence-electron chi connectivity index (χ4n) is 1.81. The van der Waals surface area contributed by atoms with Crippen molar-refractivity contribution in [3.05, 3.63) is 27.7 Å². The van der Waals surface area contributed by atoms with E-state index in [1.54, 1.807) is 17.5 Å². The molecule has 118 valence electrons. The zero-order chi connectivity index (χ0) is 16.3. The molecule has 2 rings (SSSR count). The third kappa shape index (κ3) is 4.20. The Bertz CT molecular complexity index is 719. The third-order valence-electron chi connectivity index (χ3n) is 2.67. The van der Waals surface area contributed by atoms with Crippen molar-refractivity contribution in [1.82, 2.24) is 10.3 Å². The molecule has 3 N–H and O–H groups in total. The highest BCUT2D eigenvalue weighted by Gasteiger charge is 2.15. The van der Waals surface area contributed by atoms with Gasteiger partial charge in [-0.15, -0.1) is 11.3 Å². The highest BCUT2D eigenvalue weighted by atomic mass is 79.9. The Morgan fingerprint density at radius 3 is 2.95 bits per heavy atom. The van der Waals surface area contributed by atoms with Gasteiger partial charge in [0.05, 0.1) is 0 Å². The lowest BCUT2D eigenvalue weighted by Gasteiger charge is -2.19. The molecule has 2 aromatic rings. The summed E-state index contributed by atoms with van der Waals surface area (Å²) in [4.78, 5) is 15.7. The Kier molecular flexibility index (Phi) is 5.08. The molecule has 0 aromatic carbocycles. The van der Waals surface area contributed by atoms with Gasteiger partial charge in [-0.2, -0.15) is 0 Å². The standard InChI is InChI=1S/C15H18BrN3O2S/c1-15(2,3)21-14(20)18-6-4-5-9-7-19-13(17)11-10(16)8-22-12(9)11/h4-5,7-8H,6H2,1-3H3,(H2,17,19)(H,18,20)/b5-4+. The maximum absolute atomic E-state index is 11.5. The van der Waals surface area contributed by atoms with Gasteiger partial charge in [-0.05, 0) is 36.7 Å². The van der Waals surface area contributed by atoms with Crippen LogP contribution >= 0.6 is 27.3 Å². The van der Waals surface area contributed by atoms with E-state index >= 15 is 0 Å². The summed E-state index contributed by atoms with van der Waals surface area (Å²) in [5.74, 6) is 0.507. The number of rotatable bonds is 3. The van der Waals surface area contributed by atoms with E-state index in [0.29, 0.717) is 12.4 Å². The average Bonchev–Trinajstić information content (AvgIpc) is 2.78.